The maximum absolute atomic E-state index is 14.5. The summed E-state index contributed by atoms with van der Waals surface area (Å²) in [6.07, 6.45) is -0.281. The molecule has 0 amide bonds. The first kappa shape index (κ1) is 26.7. The number of aliphatic carboxylic acids is 1. The first-order chi connectivity index (χ1) is 18.0. The number of hydrogen-bond donors (Lipinski definition) is 2. The second-order valence-electron chi connectivity index (χ2n) is 8.28. The van der Waals surface area contributed by atoms with Crippen LogP contribution in [0, 0.1) is 18.6 Å². The van der Waals surface area contributed by atoms with Crippen LogP contribution in [0.4, 0.5) is 8.78 Å². The minimum Gasteiger partial charge on any atom is -0.496 e. The van der Waals surface area contributed by atoms with Gasteiger partial charge in [-0.2, -0.15) is 0 Å². The van der Waals surface area contributed by atoms with Crippen LogP contribution in [0.15, 0.2) is 29.1 Å². The predicted octanol–water partition coefficient (Wildman–Crippen LogP) is 4.16. The van der Waals surface area contributed by atoms with E-state index in [0.29, 0.717) is 5.56 Å². The molecule has 0 spiro atoms. The smallest absolute Gasteiger partial charge is 0.332 e. The average molecular weight is 547 g/mol. The van der Waals surface area contributed by atoms with Crippen molar-refractivity contribution in [3.63, 3.8) is 0 Å². The van der Waals surface area contributed by atoms with Gasteiger partial charge in [-0.05, 0) is 37.1 Å². The maximum atomic E-state index is 14.5. The van der Waals surface area contributed by atoms with Crippen LogP contribution in [0.2, 0.25) is 5.02 Å². The first-order valence-corrected chi connectivity index (χ1v) is 11.6. The number of carboxylic acid groups (broad SMARTS) is 1. The van der Waals surface area contributed by atoms with Crippen LogP contribution in [0.25, 0.3) is 16.9 Å². The Morgan fingerprint density at radius 1 is 1.18 bits per heavy atom. The average Bonchev–Trinajstić information content (AvgIpc) is 3.18. The number of Topliss-reactive ketones (excluding diaryl/α,β-unsaturated/α-hetero) is 1. The lowest BCUT2D eigenvalue weighted by Crippen LogP contribution is -2.16. The zero-order valence-electron chi connectivity index (χ0n) is 20.4. The molecule has 13 heteroatoms. The number of aromatic nitrogens is 4. The van der Waals surface area contributed by atoms with Crippen LogP contribution in [-0.4, -0.2) is 43.5 Å². The van der Waals surface area contributed by atoms with Gasteiger partial charge in [0.05, 0.1) is 23.4 Å². The number of rotatable bonds is 9. The molecule has 10 nitrogen and oxygen atoms in total. The molecule has 0 atom stereocenters. The van der Waals surface area contributed by atoms with E-state index < -0.39 is 29.9 Å². The molecule has 198 valence electrons. The molecule has 2 aromatic heterocycles. The van der Waals surface area contributed by atoms with Gasteiger partial charge in [0.25, 0.3) is 0 Å². The normalized spacial score (nSPS) is 11.1. The monoisotopic (exact) mass is 546 g/mol. The zero-order chi connectivity index (χ0) is 27.7. The largest absolute Gasteiger partial charge is 0.496 e. The quantitative estimate of drug-likeness (QED) is 0.299. The molecule has 0 bridgehead atoms. The third-order valence-electron chi connectivity index (χ3n) is 5.71. The van der Waals surface area contributed by atoms with Gasteiger partial charge in [0, 0.05) is 19.4 Å². The lowest BCUT2D eigenvalue weighted by molar-refractivity contribution is -0.136. The molecule has 38 heavy (non-hydrogen) atoms. The van der Waals surface area contributed by atoms with E-state index in [2.05, 4.69) is 15.0 Å². The molecule has 0 radical (unpaired) electrons. The van der Waals surface area contributed by atoms with Crippen molar-refractivity contribution in [2.75, 3.05) is 7.11 Å². The zero-order valence-corrected chi connectivity index (χ0v) is 21.2. The number of nitrogens with zero attached hydrogens (tertiary/aromatic N) is 3. The molecular weight excluding hydrogens is 526 g/mol. The van der Waals surface area contributed by atoms with Crippen molar-refractivity contribution in [3.8, 4) is 17.2 Å². The number of aromatic amines is 1. The summed E-state index contributed by atoms with van der Waals surface area (Å²) >= 11 is 6.52. The number of nitrogens with one attached hydrogen (secondary N) is 1. The topological polar surface area (TPSA) is 136 Å². The summed E-state index contributed by atoms with van der Waals surface area (Å²) in [6, 6.07) is 4.94. The molecule has 0 aliphatic carbocycles. The Bertz CT molecular complexity index is 1650. The highest BCUT2D eigenvalue weighted by atomic mass is 35.5. The number of benzene rings is 2. The standard InChI is InChI=1S/C25H21ClF2N4O6/c1-11(33)22-23-24(30-12(2)29-22)32(25(36)31-23)17-9-19(13(8-15(17)26)4-7-20(34)35)38-10-14-18(37-3)6-5-16(27)21(14)28/h5-6,8-9H,4,7,10H2,1-3H3,(H,31,36)(H,34,35). The predicted molar refractivity (Wildman–Crippen MR) is 132 cm³/mol. The first-order valence-electron chi connectivity index (χ1n) is 11.2. The minimum atomic E-state index is -1.16. The van der Waals surface area contributed by atoms with Crippen molar-refractivity contribution < 1.29 is 33.0 Å². The van der Waals surface area contributed by atoms with Crippen LogP contribution < -0.4 is 15.2 Å². The highest BCUT2D eigenvalue weighted by molar-refractivity contribution is 6.32. The molecule has 2 heterocycles. The molecule has 2 N–H and O–H groups in total. The number of carbonyl (C=O) groups excluding carboxylic acids is 1. The van der Waals surface area contributed by atoms with Crippen molar-refractivity contribution in [2.24, 2.45) is 0 Å². The summed E-state index contributed by atoms with van der Waals surface area (Å²) in [5, 5.41) is 9.21. The van der Waals surface area contributed by atoms with Gasteiger partial charge in [0.2, 0.25) is 0 Å². The fourth-order valence-electron chi connectivity index (χ4n) is 3.95. The highest BCUT2D eigenvalue weighted by Gasteiger charge is 2.22. The molecule has 0 saturated heterocycles. The van der Waals surface area contributed by atoms with Crippen LogP contribution in [0.3, 0.4) is 0 Å². The highest BCUT2D eigenvalue weighted by Crippen LogP contribution is 2.33. The molecular formula is C25H21ClF2N4O6. The van der Waals surface area contributed by atoms with E-state index in [-0.39, 0.29) is 69.1 Å². The number of halogens is 3. The van der Waals surface area contributed by atoms with E-state index in [1.165, 1.54) is 32.2 Å². The number of ketones is 1. The molecule has 0 aliphatic heterocycles. The second-order valence-corrected chi connectivity index (χ2v) is 8.68. The second kappa shape index (κ2) is 10.6. The number of methoxy groups -OCH3 is 1. The van der Waals surface area contributed by atoms with Crippen molar-refractivity contribution in [2.45, 2.75) is 33.3 Å². The Labute approximate surface area is 218 Å². The van der Waals surface area contributed by atoms with E-state index in [1.807, 2.05) is 0 Å². The molecule has 0 unspecified atom stereocenters. The Morgan fingerprint density at radius 3 is 2.58 bits per heavy atom. The van der Waals surface area contributed by atoms with Crippen LogP contribution in [-0.2, 0) is 17.8 Å². The maximum Gasteiger partial charge on any atom is 0.332 e. The van der Waals surface area contributed by atoms with E-state index >= 15 is 0 Å². The van der Waals surface area contributed by atoms with Crippen LogP contribution in [0.5, 0.6) is 11.5 Å². The van der Waals surface area contributed by atoms with Crippen molar-refractivity contribution in [1.29, 1.82) is 0 Å². The van der Waals surface area contributed by atoms with E-state index in [1.54, 1.807) is 6.92 Å². The number of ether oxygens (including phenoxy) is 2. The van der Waals surface area contributed by atoms with Gasteiger partial charge in [-0.1, -0.05) is 11.6 Å². The molecule has 0 saturated carbocycles. The SMILES string of the molecule is COc1ccc(F)c(F)c1COc1cc(-n2c(=O)[nH]c3c(C(C)=O)nc(C)nc32)c(Cl)cc1CCC(=O)O. The Kier molecular flexibility index (Phi) is 7.44. The molecule has 0 aliphatic rings. The van der Waals surface area contributed by atoms with E-state index in [9.17, 15) is 23.2 Å². The van der Waals surface area contributed by atoms with Gasteiger partial charge >= 0.3 is 11.7 Å². The van der Waals surface area contributed by atoms with Gasteiger partial charge in [-0.25, -0.2) is 28.1 Å². The van der Waals surface area contributed by atoms with Crippen molar-refractivity contribution >= 4 is 34.5 Å². The van der Waals surface area contributed by atoms with Gasteiger partial charge in [-0.3, -0.25) is 9.59 Å². The number of carbonyl (C=O) groups is 2. The van der Waals surface area contributed by atoms with Crippen LogP contribution >= 0.6 is 11.6 Å². The number of fused-ring (bicyclic) bond motifs is 1. The summed E-state index contributed by atoms with van der Waals surface area (Å²) in [5.74, 6) is -3.40. The Hall–Kier alpha value is -4.32. The molecule has 2 aromatic carbocycles. The van der Waals surface area contributed by atoms with Crippen LogP contribution in [0.1, 0.15) is 40.8 Å². The number of aryl methyl sites for hydroxylation is 2. The van der Waals surface area contributed by atoms with Gasteiger partial charge in [-0.15, -0.1) is 0 Å². The van der Waals surface area contributed by atoms with Gasteiger partial charge < -0.3 is 19.6 Å². The van der Waals surface area contributed by atoms with Crippen molar-refractivity contribution in [3.05, 3.63) is 74.1 Å². The summed E-state index contributed by atoms with van der Waals surface area (Å²) in [6.45, 7) is 2.37. The van der Waals surface area contributed by atoms with Gasteiger partial charge in [0.15, 0.2) is 23.1 Å². The molecule has 0 fully saturated rings. The van der Waals surface area contributed by atoms with Crippen molar-refractivity contribution in [1.82, 2.24) is 19.5 Å². The third-order valence-corrected chi connectivity index (χ3v) is 6.01. The lowest BCUT2D eigenvalue weighted by Gasteiger charge is -2.16. The Morgan fingerprint density at radius 2 is 1.92 bits per heavy atom. The fourth-order valence-corrected chi connectivity index (χ4v) is 4.22. The van der Waals surface area contributed by atoms with Gasteiger partial charge in [0.1, 0.15) is 35.1 Å². The lowest BCUT2D eigenvalue weighted by atomic mass is 10.1. The molecule has 4 aromatic rings. The number of imidazole rings is 1. The number of hydrogen-bond acceptors (Lipinski definition) is 7. The molecule has 4 rings (SSSR count). The summed E-state index contributed by atoms with van der Waals surface area (Å²) in [7, 11) is 1.29. The fraction of sp³-hybridized carbons (Fsp3) is 0.240. The minimum absolute atomic E-state index is 0.00796. The third kappa shape index (κ3) is 5.07. The number of carboxylic acids is 1. The summed E-state index contributed by atoms with van der Waals surface area (Å²) < 4.78 is 40.4. The summed E-state index contributed by atoms with van der Waals surface area (Å²) in [5.41, 5.74) is -0.234. The summed E-state index contributed by atoms with van der Waals surface area (Å²) in [4.78, 5) is 47.2. The Balaban J connectivity index is 1.87. The van der Waals surface area contributed by atoms with E-state index in [4.69, 9.17) is 26.2 Å². The number of H-pyrrole nitrogens is 1. The van der Waals surface area contributed by atoms with E-state index in [0.717, 1.165) is 10.6 Å².